The van der Waals surface area contributed by atoms with Crippen LogP contribution in [-0.2, 0) is 11.3 Å². The van der Waals surface area contributed by atoms with Crippen LogP contribution in [-0.4, -0.2) is 60.4 Å². The molecule has 1 fully saturated rings. The van der Waals surface area contributed by atoms with Gasteiger partial charge in [0.25, 0.3) is 5.91 Å². The minimum absolute atomic E-state index is 0.0455. The predicted octanol–water partition coefficient (Wildman–Crippen LogP) is 3.03. The second-order valence-electron chi connectivity index (χ2n) is 8.79. The first-order chi connectivity index (χ1) is 16.1. The molecule has 4 N–H and O–H groups in total. The number of likely N-dealkylation sites (tertiary alicyclic amines) is 1. The lowest BCUT2D eigenvalue weighted by Crippen LogP contribution is -2.46. The monoisotopic (exact) mass is 484 g/mol. The average Bonchev–Trinajstić information content (AvgIpc) is 3.43. The van der Waals surface area contributed by atoms with E-state index >= 15 is 0 Å². The fraction of sp³-hybridized carbons (Fsp3) is 0.391. The summed E-state index contributed by atoms with van der Waals surface area (Å²) >= 11 is 1.17. The summed E-state index contributed by atoms with van der Waals surface area (Å²) in [6.45, 7) is 6.57. The standard InChI is InChI=1S/C23H28N6O4S/c1-14-4-5-16(30)15(2)20(14)26-21(32)17-12-24-22(34-17)25-18-6-9-29(27-18)13-19(31)28-10-7-23(3,33)8-11-28/h4-6,9,12,30,33H,7-8,10-11,13H2,1-3H3,(H,26,32)(H,24,25,27). The Morgan fingerprint density at radius 2 is 1.94 bits per heavy atom. The van der Waals surface area contributed by atoms with Crippen LogP contribution >= 0.6 is 11.3 Å². The first-order valence-corrected chi connectivity index (χ1v) is 11.8. The Labute approximate surface area is 201 Å². The summed E-state index contributed by atoms with van der Waals surface area (Å²) in [5, 5.41) is 30.7. The zero-order chi connectivity index (χ0) is 24.5. The third kappa shape index (κ3) is 5.37. The van der Waals surface area contributed by atoms with Crippen LogP contribution in [0.1, 0.15) is 40.6 Å². The first-order valence-electron chi connectivity index (χ1n) is 11.0. The van der Waals surface area contributed by atoms with Crippen molar-refractivity contribution in [2.75, 3.05) is 23.7 Å². The number of piperidine rings is 1. The summed E-state index contributed by atoms with van der Waals surface area (Å²) in [7, 11) is 0. The Balaban J connectivity index is 1.35. The van der Waals surface area contributed by atoms with Gasteiger partial charge in [-0.1, -0.05) is 17.4 Å². The van der Waals surface area contributed by atoms with Crippen molar-refractivity contribution >= 4 is 39.8 Å². The maximum absolute atomic E-state index is 12.7. The highest BCUT2D eigenvalue weighted by atomic mass is 32.1. The molecule has 0 unspecified atom stereocenters. The van der Waals surface area contributed by atoms with Gasteiger partial charge in [0.15, 0.2) is 10.9 Å². The van der Waals surface area contributed by atoms with Crippen molar-refractivity contribution in [1.29, 1.82) is 0 Å². The average molecular weight is 485 g/mol. The van der Waals surface area contributed by atoms with E-state index in [1.54, 1.807) is 47.8 Å². The lowest BCUT2D eigenvalue weighted by Gasteiger charge is -2.35. The van der Waals surface area contributed by atoms with Crippen LogP contribution in [0.5, 0.6) is 5.75 Å². The molecule has 2 amide bonds. The minimum Gasteiger partial charge on any atom is -0.508 e. The number of aromatic nitrogens is 3. The third-order valence-electron chi connectivity index (χ3n) is 5.98. The van der Waals surface area contributed by atoms with Gasteiger partial charge >= 0.3 is 0 Å². The summed E-state index contributed by atoms with van der Waals surface area (Å²) < 4.78 is 1.55. The molecule has 3 heterocycles. The van der Waals surface area contributed by atoms with Crippen molar-refractivity contribution in [3.8, 4) is 5.75 Å². The van der Waals surface area contributed by atoms with Gasteiger partial charge in [-0.15, -0.1) is 0 Å². The zero-order valence-electron chi connectivity index (χ0n) is 19.3. The molecule has 3 aromatic rings. The molecular weight excluding hydrogens is 456 g/mol. The van der Waals surface area contributed by atoms with Gasteiger partial charge in [-0.2, -0.15) is 5.10 Å². The molecule has 11 heteroatoms. The number of hydrogen-bond acceptors (Lipinski definition) is 8. The molecule has 2 aromatic heterocycles. The fourth-order valence-corrected chi connectivity index (χ4v) is 4.46. The molecule has 10 nitrogen and oxygen atoms in total. The maximum Gasteiger partial charge on any atom is 0.267 e. The van der Waals surface area contributed by atoms with Crippen LogP contribution in [0.25, 0.3) is 0 Å². The van der Waals surface area contributed by atoms with Gasteiger partial charge < -0.3 is 25.7 Å². The van der Waals surface area contributed by atoms with E-state index in [0.29, 0.717) is 53.0 Å². The number of carbonyl (C=O) groups excluding carboxylic acids is 2. The van der Waals surface area contributed by atoms with Crippen molar-refractivity contribution in [2.24, 2.45) is 0 Å². The highest BCUT2D eigenvalue weighted by Gasteiger charge is 2.29. The number of nitrogens with zero attached hydrogens (tertiary/aromatic N) is 4. The van der Waals surface area contributed by atoms with Crippen LogP contribution in [0.2, 0.25) is 0 Å². The Morgan fingerprint density at radius 1 is 1.21 bits per heavy atom. The van der Waals surface area contributed by atoms with Gasteiger partial charge in [-0.3, -0.25) is 14.3 Å². The summed E-state index contributed by atoms with van der Waals surface area (Å²) in [4.78, 5) is 31.6. The van der Waals surface area contributed by atoms with Gasteiger partial charge in [-0.05, 0) is 45.2 Å². The van der Waals surface area contributed by atoms with Crippen LogP contribution in [0.3, 0.4) is 0 Å². The summed E-state index contributed by atoms with van der Waals surface area (Å²) in [5.74, 6) is 0.263. The lowest BCUT2D eigenvalue weighted by atomic mass is 9.94. The van der Waals surface area contributed by atoms with E-state index in [4.69, 9.17) is 0 Å². The molecule has 1 aliphatic rings. The minimum atomic E-state index is -0.705. The number of phenols is 1. The Morgan fingerprint density at radius 3 is 2.68 bits per heavy atom. The van der Waals surface area contributed by atoms with Crippen molar-refractivity contribution in [1.82, 2.24) is 19.7 Å². The van der Waals surface area contributed by atoms with Crippen LogP contribution < -0.4 is 10.6 Å². The van der Waals surface area contributed by atoms with Crippen LogP contribution in [0.4, 0.5) is 16.6 Å². The van der Waals surface area contributed by atoms with Crippen molar-refractivity contribution in [2.45, 2.75) is 45.8 Å². The molecule has 180 valence electrons. The number of aryl methyl sites for hydroxylation is 1. The Kier molecular flexibility index (Phi) is 6.58. The number of amides is 2. The highest BCUT2D eigenvalue weighted by Crippen LogP contribution is 2.29. The number of aliphatic hydroxyl groups is 1. The number of hydrogen-bond donors (Lipinski definition) is 4. The number of nitrogens with one attached hydrogen (secondary N) is 2. The van der Waals surface area contributed by atoms with Gasteiger partial charge in [0, 0.05) is 30.9 Å². The molecule has 34 heavy (non-hydrogen) atoms. The Bertz CT molecular complexity index is 1210. The number of aromatic hydroxyl groups is 1. The molecule has 4 rings (SSSR count). The van der Waals surface area contributed by atoms with Gasteiger partial charge in [0.1, 0.15) is 17.2 Å². The number of carbonyl (C=O) groups is 2. The predicted molar refractivity (Wildman–Crippen MR) is 130 cm³/mol. The largest absolute Gasteiger partial charge is 0.508 e. The summed E-state index contributed by atoms with van der Waals surface area (Å²) in [6, 6.07) is 5.07. The van der Waals surface area contributed by atoms with E-state index in [1.165, 1.54) is 17.5 Å². The van der Waals surface area contributed by atoms with E-state index in [1.807, 2.05) is 6.92 Å². The van der Waals surface area contributed by atoms with Gasteiger partial charge in [0.2, 0.25) is 5.91 Å². The molecule has 1 saturated heterocycles. The van der Waals surface area contributed by atoms with E-state index < -0.39 is 5.60 Å². The highest BCUT2D eigenvalue weighted by molar-refractivity contribution is 7.17. The van der Waals surface area contributed by atoms with Crippen LogP contribution in [0, 0.1) is 13.8 Å². The van der Waals surface area contributed by atoms with E-state index in [2.05, 4.69) is 20.7 Å². The van der Waals surface area contributed by atoms with Crippen molar-refractivity contribution in [3.05, 3.63) is 46.6 Å². The molecule has 1 aliphatic heterocycles. The topological polar surface area (TPSA) is 133 Å². The normalized spacial score (nSPS) is 15.2. The van der Waals surface area contributed by atoms with Gasteiger partial charge in [0.05, 0.1) is 17.5 Å². The second-order valence-corrected chi connectivity index (χ2v) is 9.82. The van der Waals surface area contributed by atoms with E-state index in [9.17, 15) is 19.8 Å². The molecule has 1 aromatic carbocycles. The van der Waals surface area contributed by atoms with Gasteiger partial charge in [-0.25, -0.2) is 4.98 Å². The quantitative estimate of drug-likeness (QED) is 0.423. The fourth-order valence-electron chi connectivity index (χ4n) is 3.74. The summed E-state index contributed by atoms with van der Waals surface area (Å²) in [5.41, 5.74) is 1.32. The number of anilines is 3. The maximum atomic E-state index is 12.7. The number of thiazole rings is 1. The molecular formula is C23H28N6O4S. The molecule has 0 aliphatic carbocycles. The molecule has 0 radical (unpaired) electrons. The molecule has 0 saturated carbocycles. The van der Waals surface area contributed by atoms with Crippen LogP contribution in [0.15, 0.2) is 30.6 Å². The molecule has 0 bridgehead atoms. The first kappa shape index (κ1) is 23.7. The second kappa shape index (κ2) is 9.43. The number of phenolic OH excluding ortho intramolecular Hbond substituents is 1. The number of rotatable bonds is 6. The Hall–Kier alpha value is -3.44. The SMILES string of the molecule is Cc1ccc(O)c(C)c1NC(=O)c1cnc(Nc2ccn(CC(=O)N3CCC(C)(O)CC3)n2)s1. The van der Waals surface area contributed by atoms with Crippen molar-refractivity contribution < 1.29 is 19.8 Å². The number of benzene rings is 1. The van der Waals surface area contributed by atoms with Crippen molar-refractivity contribution in [3.63, 3.8) is 0 Å². The summed E-state index contributed by atoms with van der Waals surface area (Å²) in [6.07, 6.45) is 4.31. The third-order valence-corrected chi connectivity index (χ3v) is 6.89. The molecule has 0 atom stereocenters. The smallest absolute Gasteiger partial charge is 0.267 e. The lowest BCUT2D eigenvalue weighted by molar-refractivity contribution is -0.135. The zero-order valence-corrected chi connectivity index (χ0v) is 20.1. The molecule has 0 spiro atoms. The van der Waals surface area contributed by atoms with E-state index in [0.717, 1.165) is 5.56 Å². The van der Waals surface area contributed by atoms with E-state index in [-0.39, 0.29) is 24.1 Å².